The van der Waals surface area contributed by atoms with Crippen LogP contribution in [0.25, 0.3) is 11.0 Å². The van der Waals surface area contributed by atoms with Gasteiger partial charge in [0.2, 0.25) is 0 Å². The quantitative estimate of drug-likeness (QED) is 0.774. The van der Waals surface area contributed by atoms with Crippen molar-refractivity contribution in [3.63, 3.8) is 0 Å². The van der Waals surface area contributed by atoms with Gasteiger partial charge in [-0.1, -0.05) is 19.1 Å². The van der Waals surface area contributed by atoms with Crippen molar-refractivity contribution in [1.82, 2.24) is 19.3 Å². The number of fused-ring (bicyclic) bond motifs is 1. The van der Waals surface area contributed by atoms with E-state index >= 15 is 0 Å². The Morgan fingerprint density at radius 1 is 1.20 bits per heavy atom. The van der Waals surface area contributed by atoms with E-state index in [1.807, 2.05) is 25.4 Å². The van der Waals surface area contributed by atoms with E-state index in [9.17, 15) is 0 Å². The van der Waals surface area contributed by atoms with Crippen LogP contribution in [0.4, 0.5) is 5.82 Å². The first-order valence-electron chi connectivity index (χ1n) is 6.95. The third-order valence-corrected chi connectivity index (χ3v) is 3.32. The second kappa shape index (κ2) is 5.36. The second-order valence-corrected chi connectivity index (χ2v) is 4.90. The van der Waals surface area contributed by atoms with Gasteiger partial charge in [-0.3, -0.25) is 4.68 Å². The SMILES string of the molecule is CCCn1c(CNc2ccn(C)n2)nc2ccccc21. The fourth-order valence-electron chi connectivity index (χ4n) is 2.41. The molecule has 0 bridgehead atoms. The molecule has 1 N–H and O–H groups in total. The van der Waals surface area contributed by atoms with Crippen LogP contribution in [-0.4, -0.2) is 19.3 Å². The Morgan fingerprint density at radius 3 is 2.80 bits per heavy atom. The van der Waals surface area contributed by atoms with Gasteiger partial charge in [0.15, 0.2) is 0 Å². The van der Waals surface area contributed by atoms with Crippen LogP contribution in [0.3, 0.4) is 0 Å². The Balaban J connectivity index is 1.87. The number of anilines is 1. The lowest BCUT2D eigenvalue weighted by Crippen LogP contribution is -2.09. The highest BCUT2D eigenvalue weighted by Crippen LogP contribution is 2.17. The fourth-order valence-corrected chi connectivity index (χ4v) is 2.41. The first-order chi connectivity index (χ1) is 9.78. The van der Waals surface area contributed by atoms with Crippen LogP contribution in [0, 0.1) is 0 Å². The zero-order valence-electron chi connectivity index (χ0n) is 11.9. The summed E-state index contributed by atoms with van der Waals surface area (Å²) in [7, 11) is 1.91. The molecule has 0 amide bonds. The number of aryl methyl sites for hydroxylation is 2. The lowest BCUT2D eigenvalue weighted by Gasteiger charge is -2.08. The number of hydrogen-bond acceptors (Lipinski definition) is 3. The molecule has 0 aliphatic heterocycles. The molecule has 2 aromatic heterocycles. The minimum absolute atomic E-state index is 0.686. The van der Waals surface area contributed by atoms with Crippen molar-refractivity contribution in [1.29, 1.82) is 0 Å². The Hall–Kier alpha value is -2.30. The van der Waals surface area contributed by atoms with Crippen LogP contribution in [0.1, 0.15) is 19.2 Å². The molecule has 20 heavy (non-hydrogen) atoms. The lowest BCUT2D eigenvalue weighted by atomic mass is 10.3. The van der Waals surface area contributed by atoms with E-state index in [-0.39, 0.29) is 0 Å². The molecule has 0 spiro atoms. The number of imidazole rings is 1. The summed E-state index contributed by atoms with van der Waals surface area (Å²) >= 11 is 0. The van der Waals surface area contributed by atoms with Crippen molar-refractivity contribution >= 4 is 16.9 Å². The van der Waals surface area contributed by atoms with Gasteiger partial charge in [-0.15, -0.1) is 0 Å². The van der Waals surface area contributed by atoms with E-state index in [4.69, 9.17) is 4.98 Å². The molecule has 0 aliphatic carbocycles. The minimum Gasteiger partial charge on any atom is -0.361 e. The number of para-hydroxylation sites is 2. The molecule has 0 saturated heterocycles. The van der Waals surface area contributed by atoms with Crippen LogP contribution in [-0.2, 0) is 20.1 Å². The number of hydrogen-bond donors (Lipinski definition) is 1. The van der Waals surface area contributed by atoms with Crippen molar-refractivity contribution < 1.29 is 0 Å². The number of rotatable bonds is 5. The molecule has 0 atom stereocenters. The zero-order chi connectivity index (χ0) is 13.9. The number of nitrogens with zero attached hydrogens (tertiary/aromatic N) is 4. The summed E-state index contributed by atoms with van der Waals surface area (Å²) in [5.74, 6) is 1.93. The summed E-state index contributed by atoms with van der Waals surface area (Å²) in [5.41, 5.74) is 2.26. The fraction of sp³-hybridized carbons (Fsp3) is 0.333. The van der Waals surface area contributed by atoms with Crippen molar-refractivity contribution in [3.8, 4) is 0 Å². The van der Waals surface area contributed by atoms with Crippen molar-refractivity contribution in [2.24, 2.45) is 7.05 Å². The van der Waals surface area contributed by atoms with Crippen LogP contribution < -0.4 is 5.32 Å². The average Bonchev–Trinajstić information content (AvgIpc) is 3.02. The predicted molar refractivity (Wildman–Crippen MR) is 80.6 cm³/mol. The molecule has 1 aromatic carbocycles. The van der Waals surface area contributed by atoms with Gasteiger partial charge in [0, 0.05) is 25.9 Å². The summed E-state index contributed by atoms with van der Waals surface area (Å²) in [6.45, 7) is 3.86. The average molecular weight is 269 g/mol. The largest absolute Gasteiger partial charge is 0.361 e. The third kappa shape index (κ3) is 2.39. The number of benzene rings is 1. The maximum atomic E-state index is 4.72. The molecule has 5 heteroatoms. The first kappa shape index (κ1) is 12.7. The van der Waals surface area contributed by atoms with E-state index in [1.165, 1.54) is 5.52 Å². The molecule has 0 fully saturated rings. The molecule has 5 nitrogen and oxygen atoms in total. The summed E-state index contributed by atoms with van der Waals surface area (Å²) in [4.78, 5) is 4.72. The highest BCUT2D eigenvalue weighted by molar-refractivity contribution is 5.75. The van der Waals surface area contributed by atoms with Gasteiger partial charge < -0.3 is 9.88 Å². The summed E-state index contributed by atoms with van der Waals surface area (Å²) in [6.07, 6.45) is 3.02. The van der Waals surface area contributed by atoms with E-state index in [0.29, 0.717) is 6.54 Å². The molecule has 0 unspecified atom stereocenters. The molecular weight excluding hydrogens is 250 g/mol. The molecule has 3 rings (SSSR count). The smallest absolute Gasteiger partial charge is 0.148 e. The van der Waals surface area contributed by atoms with Gasteiger partial charge in [0.25, 0.3) is 0 Å². The maximum absolute atomic E-state index is 4.72. The van der Waals surface area contributed by atoms with E-state index in [1.54, 1.807) is 4.68 Å². The Bertz CT molecular complexity index is 710. The predicted octanol–water partition coefficient (Wildman–Crippen LogP) is 2.79. The number of aromatic nitrogens is 4. The van der Waals surface area contributed by atoms with E-state index in [2.05, 4.69) is 40.1 Å². The van der Waals surface area contributed by atoms with E-state index < -0.39 is 0 Å². The summed E-state index contributed by atoms with van der Waals surface area (Å²) in [6, 6.07) is 10.2. The lowest BCUT2D eigenvalue weighted by molar-refractivity contribution is 0.660. The van der Waals surface area contributed by atoms with Gasteiger partial charge in [-0.25, -0.2) is 4.98 Å². The van der Waals surface area contributed by atoms with Crippen LogP contribution >= 0.6 is 0 Å². The topological polar surface area (TPSA) is 47.7 Å². The Labute approximate surface area is 118 Å². The van der Waals surface area contributed by atoms with Crippen molar-refractivity contribution in [3.05, 3.63) is 42.4 Å². The standard InChI is InChI=1S/C15H19N5/c1-3-9-20-13-7-5-4-6-12(13)17-15(20)11-16-14-8-10-19(2)18-14/h4-8,10H,3,9,11H2,1-2H3,(H,16,18). The van der Waals surface area contributed by atoms with Gasteiger partial charge in [-0.2, -0.15) is 5.10 Å². The van der Waals surface area contributed by atoms with E-state index in [0.717, 1.165) is 30.1 Å². The summed E-state index contributed by atoms with van der Waals surface area (Å²) < 4.78 is 4.07. The monoisotopic (exact) mass is 269 g/mol. The van der Waals surface area contributed by atoms with Crippen LogP contribution in [0.2, 0.25) is 0 Å². The minimum atomic E-state index is 0.686. The Morgan fingerprint density at radius 2 is 2.05 bits per heavy atom. The first-order valence-corrected chi connectivity index (χ1v) is 6.95. The summed E-state index contributed by atoms with van der Waals surface area (Å²) in [5, 5.41) is 7.65. The molecule has 104 valence electrons. The molecule has 0 saturated carbocycles. The van der Waals surface area contributed by atoms with Crippen molar-refractivity contribution in [2.75, 3.05) is 5.32 Å². The van der Waals surface area contributed by atoms with Gasteiger partial charge in [0.1, 0.15) is 11.6 Å². The third-order valence-electron chi connectivity index (χ3n) is 3.32. The van der Waals surface area contributed by atoms with Gasteiger partial charge in [-0.05, 0) is 18.6 Å². The number of nitrogens with one attached hydrogen (secondary N) is 1. The molecular formula is C15H19N5. The molecule has 0 aliphatic rings. The maximum Gasteiger partial charge on any atom is 0.148 e. The van der Waals surface area contributed by atoms with Crippen molar-refractivity contribution in [2.45, 2.75) is 26.4 Å². The molecule has 0 radical (unpaired) electrons. The Kier molecular flexibility index (Phi) is 3.41. The highest BCUT2D eigenvalue weighted by atomic mass is 15.3. The highest BCUT2D eigenvalue weighted by Gasteiger charge is 2.09. The normalized spacial score (nSPS) is 11.1. The second-order valence-electron chi connectivity index (χ2n) is 4.90. The van der Waals surface area contributed by atoms with Gasteiger partial charge in [0.05, 0.1) is 17.6 Å². The zero-order valence-corrected chi connectivity index (χ0v) is 11.9. The van der Waals surface area contributed by atoms with Crippen LogP contribution in [0.5, 0.6) is 0 Å². The van der Waals surface area contributed by atoms with Gasteiger partial charge >= 0.3 is 0 Å². The van der Waals surface area contributed by atoms with Crippen LogP contribution in [0.15, 0.2) is 36.5 Å². The molecule has 2 heterocycles. The molecule has 3 aromatic rings.